The van der Waals surface area contributed by atoms with Crippen LogP contribution in [0.1, 0.15) is 19.8 Å². The number of para-hydroxylation sites is 1. The van der Waals surface area contributed by atoms with Crippen molar-refractivity contribution in [3.05, 3.63) is 58.6 Å². The zero-order valence-corrected chi connectivity index (χ0v) is 14.8. The van der Waals surface area contributed by atoms with Gasteiger partial charge in [0.25, 0.3) is 5.69 Å². The molecule has 0 bridgehead atoms. The Hall–Kier alpha value is -3.20. The highest BCUT2D eigenvalue weighted by molar-refractivity contribution is 7.21. The minimum Gasteiger partial charge on any atom is -0.277 e. The van der Waals surface area contributed by atoms with Crippen molar-refractivity contribution in [2.75, 3.05) is 5.43 Å². The minimum absolute atomic E-state index is 0.0313. The predicted molar refractivity (Wildman–Crippen MR) is 103 cm³/mol. The number of hydrogen-bond donors (Lipinski definition) is 1. The van der Waals surface area contributed by atoms with Crippen LogP contribution in [-0.2, 0) is 0 Å². The Balaban J connectivity index is 1.72. The number of benzene rings is 2. The number of amidine groups is 1. The lowest BCUT2D eigenvalue weighted by atomic mass is 10.3. The summed E-state index contributed by atoms with van der Waals surface area (Å²) in [6.45, 7) is 2.02. The summed E-state index contributed by atoms with van der Waals surface area (Å²) in [5, 5.41) is 23.9. The summed E-state index contributed by atoms with van der Waals surface area (Å²) in [7, 11) is 0. The Morgan fingerprint density at radius 1 is 1.23 bits per heavy atom. The predicted octanol–water partition coefficient (Wildman–Crippen LogP) is 5.51. The van der Waals surface area contributed by atoms with Crippen LogP contribution in [0.3, 0.4) is 0 Å². The SMILES string of the molecule is CCC/C(N=Nc1nc2ccccc2s1)=N\Nc1ccc([N+](=O)[O-])cc1. The lowest BCUT2D eigenvalue weighted by molar-refractivity contribution is -0.384. The fourth-order valence-electron chi connectivity index (χ4n) is 2.14. The zero-order valence-electron chi connectivity index (χ0n) is 14.0. The first kappa shape index (κ1) is 17.6. The third-order valence-electron chi connectivity index (χ3n) is 3.40. The third kappa shape index (κ3) is 4.45. The normalized spacial score (nSPS) is 12.0. The number of azo groups is 1. The smallest absolute Gasteiger partial charge is 0.269 e. The lowest BCUT2D eigenvalue weighted by Crippen LogP contribution is -1.98. The monoisotopic (exact) mass is 368 g/mol. The van der Waals surface area contributed by atoms with Gasteiger partial charge in [-0.15, -0.1) is 10.2 Å². The molecule has 2 aromatic carbocycles. The van der Waals surface area contributed by atoms with Crippen LogP contribution in [0.4, 0.5) is 16.5 Å². The van der Waals surface area contributed by atoms with E-state index < -0.39 is 4.92 Å². The number of nitrogens with one attached hydrogen (secondary N) is 1. The van der Waals surface area contributed by atoms with Gasteiger partial charge in [-0.3, -0.25) is 15.5 Å². The van der Waals surface area contributed by atoms with Gasteiger partial charge in [-0.25, -0.2) is 4.98 Å². The van der Waals surface area contributed by atoms with Gasteiger partial charge in [0, 0.05) is 18.6 Å². The van der Waals surface area contributed by atoms with E-state index in [0.29, 0.717) is 23.1 Å². The molecule has 1 N–H and O–H groups in total. The van der Waals surface area contributed by atoms with Crippen LogP contribution in [0, 0.1) is 10.1 Å². The van der Waals surface area contributed by atoms with Crippen molar-refractivity contribution in [3.63, 3.8) is 0 Å². The molecule has 0 saturated carbocycles. The average Bonchev–Trinajstić information content (AvgIpc) is 3.07. The van der Waals surface area contributed by atoms with Crippen LogP contribution in [-0.4, -0.2) is 15.7 Å². The van der Waals surface area contributed by atoms with Crippen molar-refractivity contribution in [2.45, 2.75) is 19.8 Å². The van der Waals surface area contributed by atoms with E-state index in [1.54, 1.807) is 12.1 Å². The quantitative estimate of drug-likeness (QED) is 0.203. The number of non-ortho nitro benzene ring substituents is 1. The number of nitro benzene ring substituents is 1. The molecule has 0 aliphatic heterocycles. The zero-order chi connectivity index (χ0) is 18.4. The second-order valence-electron chi connectivity index (χ2n) is 5.36. The number of hydrazone groups is 1. The van der Waals surface area contributed by atoms with Gasteiger partial charge in [0.15, 0.2) is 5.84 Å². The second kappa shape index (κ2) is 8.26. The third-order valence-corrected chi connectivity index (χ3v) is 4.32. The molecule has 1 aromatic heterocycles. The molecule has 9 heteroatoms. The standard InChI is InChI=1S/C17H16N6O2S/c1-2-5-16(20-19-12-8-10-13(11-9-12)23(24)25)21-22-17-18-14-6-3-4-7-15(14)26-17/h3-4,6-11,19H,2,5H2,1H3/b20-16+,22-21?. The van der Waals surface area contributed by atoms with Crippen LogP contribution < -0.4 is 5.43 Å². The Bertz CT molecular complexity index is 932. The van der Waals surface area contributed by atoms with E-state index in [4.69, 9.17) is 0 Å². The Kier molecular flexibility index (Phi) is 5.59. The molecule has 8 nitrogen and oxygen atoms in total. The molecule has 3 aromatic rings. The highest BCUT2D eigenvalue weighted by Crippen LogP contribution is 2.27. The minimum atomic E-state index is -0.443. The van der Waals surface area contributed by atoms with E-state index >= 15 is 0 Å². The van der Waals surface area contributed by atoms with Gasteiger partial charge in [-0.1, -0.05) is 30.4 Å². The van der Waals surface area contributed by atoms with Gasteiger partial charge in [0.05, 0.1) is 20.8 Å². The van der Waals surface area contributed by atoms with Gasteiger partial charge >= 0.3 is 0 Å². The lowest BCUT2D eigenvalue weighted by Gasteiger charge is -2.01. The molecule has 0 aliphatic rings. The number of aromatic nitrogens is 1. The van der Waals surface area contributed by atoms with Crippen LogP contribution in [0.15, 0.2) is 63.9 Å². The van der Waals surface area contributed by atoms with Crippen molar-refractivity contribution >= 4 is 43.9 Å². The van der Waals surface area contributed by atoms with Crippen molar-refractivity contribution in [1.29, 1.82) is 0 Å². The fourth-order valence-corrected chi connectivity index (χ4v) is 2.93. The molecule has 26 heavy (non-hydrogen) atoms. The fraction of sp³-hybridized carbons (Fsp3) is 0.176. The van der Waals surface area contributed by atoms with Crippen molar-refractivity contribution < 1.29 is 4.92 Å². The molecule has 0 fully saturated rings. The highest BCUT2D eigenvalue weighted by atomic mass is 32.1. The molecule has 0 radical (unpaired) electrons. The van der Waals surface area contributed by atoms with Crippen molar-refractivity contribution in [2.24, 2.45) is 15.3 Å². The number of rotatable bonds is 6. The maximum atomic E-state index is 10.7. The Morgan fingerprint density at radius 2 is 2.00 bits per heavy atom. The molecule has 0 aliphatic carbocycles. The largest absolute Gasteiger partial charge is 0.277 e. The molecule has 0 spiro atoms. The van der Waals surface area contributed by atoms with E-state index in [1.807, 2.05) is 31.2 Å². The van der Waals surface area contributed by atoms with E-state index in [1.165, 1.54) is 23.5 Å². The second-order valence-corrected chi connectivity index (χ2v) is 6.37. The van der Waals surface area contributed by atoms with Crippen LogP contribution in [0.25, 0.3) is 10.2 Å². The first-order valence-electron chi connectivity index (χ1n) is 8.00. The van der Waals surface area contributed by atoms with E-state index in [9.17, 15) is 10.1 Å². The Labute approximate surface area is 153 Å². The highest BCUT2D eigenvalue weighted by Gasteiger charge is 2.05. The summed E-state index contributed by atoms with van der Waals surface area (Å²) in [4.78, 5) is 14.6. The first-order chi connectivity index (χ1) is 12.7. The summed E-state index contributed by atoms with van der Waals surface area (Å²) in [5.41, 5.74) is 4.42. The molecule has 0 saturated heterocycles. The number of nitrogens with zero attached hydrogens (tertiary/aromatic N) is 5. The summed E-state index contributed by atoms with van der Waals surface area (Å²) in [6, 6.07) is 13.8. The molecule has 132 valence electrons. The van der Waals surface area contributed by atoms with Gasteiger partial charge < -0.3 is 0 Å². The number of anilines is 1. The van der Waals surface area contributed by atoms with E-state index in [2.05, 4.69) is 25.7 Å². The van der Waals surface area contributed by atoms with Gasteiger partial charge in [-0.2, -0.15) is 5.10 Å². The van der Waals surface area contributed by atoms with Crippen LogP contribution >= 0.6 is 11.3 Å². The van der Waals surface area contributed by atoms with E-state index in [-0.39, 0.29) is 5.69 Å². The van der Waals surface area contributed by atoms with Crippen molar-refractivity contribution in [1.82, 2.24) is 4.98 Å². The Morgan fingerprint density at radius 3 is 2.69 bits per heavy atom. The van der Waals surface area contributed by atoms with Gasteiger partial charge in [0.2, 0.25) is 5.13 Å². The summed E-state index contributed by atoms with van der Waals surface area (Å²) < 4.78 is 1.06. The topological polar surface area (TPSA) is 105 Å². The molecule has 0 amide bonds. The molecular formula is C17H16N6O2S. The van der Waals surface area contributed by atoms with Crippen LogP contribution in [0.2, 0.25) is 0 Å². The molecule has 0 atom stereocenters. The maximum absolute atomic E-state index is 10.7. The van der Waals surface area contributed by atoms with Gasteiger partial charge in [0.1, 0.15) is 0 Å². The summed E-state index contributed by atoms with van der Waals surface area (Å²) in [5.74, 6) is 0.533. The average molecular weight is 368 g/mol. The van der Waals surface area contributed by atoms with Crippen LogP contribution in [0.5, 0.6) is 0 Å². The maximum Gasteiger partial charge on any atom is 0.269 e. The molecule has 1 heterocycles. The number of fused-ring (bicyclic) bond motifs is 1. The molecular weight excluding hydrogens is 352 g/mol. The number of nitro groups is 1. The molecule has 0 unspecified atom stereocenters. The number of thiazole rings is 1. The van der Waals surface area contributed by atoms with Crippen molar-refractivity contribution in [3.8, 4) is 0 Å². The number of hydrogen-bond acceptors (Lipinski definition) is 7. The van der Waals surface area contributed by atoms with E-state index in [0.717, 1.165) is 16.6 Å². The molecule has 3 rings (SSSR count). The first-order valence-corrected chi connectivity index (χ1v) is 8.81. The van der Waals surface area contributed by atoms with Gasteiger partial charge in [-0.05, 0) is 30.7 Å². The summed E-state index contributed by atoms with van der Waals surface area (Å²) in [6.07, 6.45) is 1.51. The summed E-state index contributed by atoms with van der Waals surface area (Å²) >= 11 is 1.47.